The number of esters is 3. The smallest absolute Gasteiger partial charge is 0.462 e. The Morgan fingerprint density at radius 2 is 0.773 bits per heavy atom. The Labute approximate surface area is 403 Å². The number of unbranched alkanes of at least 4 members (excludes halogenated alkanes) is 27. The van der Waals surface area contributed by atoms with Gasteiger partial charge in [0, 0.05) is 19.3 Å². The third-order valence-corrected chi connectivity index (χ3v) is 12.5. The van der Waals surface area contributed by atoms with Crippen molar-refractivity contribution in [3.8, 4) is 0 Å². The summed E-state index contributed by atoms with van der Waals surface area (Å²) in [5.74, 6) is -1.48. The van der Waals surface area contributed by atoms with Gasteiger partial charge in [-0.15, -0.1) is 0 Å². The van der Waals surface area contributed by atoms with Gasteiger partial charge in [0.2, 0.25) is 0 Å². The van der Waals surface area contributed by atoms with Crippen molar-refractivity contribution in [2.45, 2.75) is 264 Å². The van der Waals surface area contributed by atoms with Crippen molar-refractivity contribution in [1.29, 1.82) is 0 Å². The van der Waals surface area contributed by atoms with E-state index in [1.165, 1.54) is 89.9 Å². The zero-order chi connectivity index (χ0) is 48.4. The summed E-state index contributed by atoms with van der Waals surface area (Å²) >= 11 is 0. The highest BCUT2D eigenvalue weighted by atomic mass is 31.2. The third-order valence-electron chi connectivity index (χ3n) is 11.5. The monoisotopic (exact) mass is 955 g/mol. The van der Waals surface area contributed by atoms with Crippen LogP contribution in [0.5, 0.6) is 0 Å². The van der Waals surface area contributed by atoms with E-state index in [4.69, 9.17) is 23.3 Å². The van der Waals surface area contributed by atoms with E-state index in [-0.39, 0.29) is 25.9 Å². The molecule has 2 N–H and O–H groups in total. The molecule has 66 heavy (non-hydrogen) atoms. The summed E-state index contributed by atoms with van der Waals surface area (Å²) < 4.78 is 39.4. The van der Waals surface area contributed by atoms with Gasteiger partial charge in [-0.25, -0.2) is 4.57 Å². The molecule has 0 fully saturated rings. The summed E-state index contributed by atoms with van der Waals surface area (Å²) in [7, 11) is -4.74. The summed E-state index contributed by atoms with van der Waals surface area (Å²) in [5.41, 5.74) is 0. The maximum absolute atomic E-state index is 12.8. The molecule has 12 heteroatoms. The largest absolute Gasteiger partial charge is 0.472 e. The average molecular weight is 955 g/mol. The Bertz CT molecular complexity index is 1250. The first kappa shape index (κ1) is 63.7. The van der Waals surface area contributed by atoms with E-state index in [1.807, 2.05) is 0 Å². The van der Waals surface area contributed by atoms with Crippen LogP contribution in [0, 0.1) is 0 Å². The second kappa shape index (κ2) is 49.1. The number of aliphatic hydroxyl groups excluding tert-OH is 1. The van der Waals surface area contributed by atoms with Gasteiger partial charge in [0.15, 0.2) is 6.10 Å². The summed E-state index contributed by atoms with van der Waals surface area (Å²) in [6, 6.07) is 0. The number of hydrogen-bond acceptors (Lipinski definition) is 10. The number of phosphoric acid groups is 1. The molecule has 11 nitrogen and oxygen atoms in total. The number of carbonyl (C=O) groups is 3. The standard InChI is InChI=1S/C54H99O11P/c1-4-7-10-13-16-19-22-24-25-27-30-33-36-39-42-45-54(58)65-51(47-61-52(56)43-40-37-34-31-28-21-18-15-12-9-6-3)49-63-66(59,60)62-48-50(46-55)64-53(57)44-41-38-35-32-29-26-23-20-17-14-11-8-5-2/h11,14,20,23-25,50-51,55H,4-10,12-13,15-19,21-22,26-49H2,1-3H3,(H,59,60)/b14-11-,23-20-,25-24-. The van der Waals surface area contributed by atoms with Crippen molar-refractivity contribution >= 4 is 25.7 Å². The van der Waals surface area contributed by atoms with Crippen LogP contribution in [0.4, 0.5) is 0 Å². The first-order valence-corrected chi connectivity index (χ1v) is 28.4. The van der Waals surface area contributed by atoms with Crippen LogP contribution in [0.3, 0.4) is 0 Å². The first-order valence-electron chi connectivity index (χ1n) is 26.9. The zero-order valence-corrected chi connectivity index (χ0v) is 43.3. The van der Waals surface area contributed by atoms with Gasteiger partial charge in [0.25, 0.3) is 0 Å². The van der Waals surface area contributed by atoms with Crippen LogP contribution in [0.25, 0.3) is 0 Å². The topological polar surface area (TPSA) is 155 Å². The summed E-state index contributed by atoms with van der Waals surface area (Å²) in [6.07, 6.45) is 48.2. The SMILES string of the molecule is CCC/C=C\C/C=C\CCCCCCCC(=O)OC(CO)COP(=O)(O)OCC(COC(=O)CCCCCCCCCCCCC)OC(=O)CCCCCCC/C=C\CCCCCCCC. The molecule has 0 radical (unpaired) electrons. The lowest BCUT2D eigenvalue weighted by molar-refractivity contribution is -0.161. The molecule has 0 saturated heterocycles. The minimum atomic E-state index is -4.74. The maximum Gasteiger partial charge on any atom is 0.472 e. The number of phosphoric ester groups is 1. The van der Waals surface area contributed by atoms with E-state index in [9.17, 15) is 28.9 Å². The van der Waals surface area contributed by atoms with E-state index < -0.39 is 57.8 Å². The number of allylic oxidation sites excluding steroid dienone is 6. The van der Waals surface area contributed by atoms with Crippen LogP contribution >= 0.6 is 7.82 Å². The predicted molar refractivity (Wildman–Crippen MR) is 270 cm³/mol. The van der Waals surface area contributed by atoms with Crippen LogP contribution in [0.15, 0.2) is 36.5 Å². The molecule has 386 valence electrons. The lowest BCUT2D eigenvalue weighted by atomic mass is 10.1. The van der Waals surface area contributed by atoms with Crippen LogP contribution < -0.4 is 0 Å². The molecule has 0 spiro atoms. The summed E-state index contributed by atoms with van der Waals surface area (Å²) in [4.78, 5) is 48.3. The summed E-state index contributed by atoms with van der Waals surface area (Å²) in [5, 5.41) is 9.77. The molecule has 0 heterocycles. The fraction of sp³-hybridized carbons (Fsp3) is 0.833. The molecule has 0 rings (SSSR count). The second-order valence-electron chi connectivity index (χ2n) is 18.0. The van der Waals surface area contributed by atoms with Gasteiger partial charge in [0.05, 0.1) is 19.8 Å². The number of rotatable bonds is 50. The van der Waals surface area contributed by atoms with E-state index in [0.717, 1.165) is 103 Å². The van der Waals surface area contributed by atoms with Crippen molar-refractivity contribution in [2.24, 2.45) is 0 Å². The van der Waals surface area contributed by atoms with E-state index in [0.29, 0.717) is 19.3 Å². The van der Waals surface area contributed by atoms with E-state index >= 15 is 0 Å². The molecule has 0 aromatic rings. The average Bonchev–Trinajstić information content (AvgIpc) is 3.30. The van der Waals surface area contributed by atoms with Crippen molar-refractivity contribution < 1.29 is 52.2 Å². The molecule has 0 aromatic heterocycles. The number of carbonyl (C=O) groups excluding carboxylic acids is 3. The van der Waals surface area contributed by atoms with Crippen LogP contribution in [0.1, 0.15) is 252 Å². The molecule has 0 aliphatic heterocycles. The Morgan fingerprint density at radius 3 is 1.20 bits per heavy atom. The van der Waals surface area contributed by atoms with Gasteiger partial charge in [0.1, 0.15) is 12.7 Å². The molecule has 0 aromatic carbocycles. The van der Waals surface area contributed by atoms with E-state index in [1.54, 1.807) is 0 Å². The highest BCUT2D eigenvalue weighted by molar-refractivity contribution is 7.47. The van der Waals surface area contributed by atoms with Crippen LogP contribution in [-0.4, -0.2) is 66.5 Å². The molecule has 3 unspecified atom stereocenters. The predicted octanol–water partition coefficient (Wildman–Crippen LogP) is 15.3. The molecule has 0 aliphatic rings. The Balaban J connectivity index is 4.72. The van der Waals surface area contributed by atoms with Crippen molar-refractivity contribution in [3.05, 3.63) is 36.5 Å². The maximum atomic E-state index is 12.8. The number of aliphatic hydroxyl groups is 1. The first-order chi connectivity index (χ1) is 32.2. The number of hydrogen-bond donors (Lipinski definition) is 2. The normalized spacial score (nSPS) is 13.7. The lowest BCUT2D eigenvalue weighted by Gasteiger charge is -2.21. The molecule has 0 aliphatic carbocycles. The Hall–Kier alpha value is -2.30. The van der Waals surface area contributed by atoms with Gasteiger partial charge in [-0.05, 0) is 70.6 Å². The molecular weight excluding hydrogens is 856 g/mol. The quantitative estimate of drug-likeness (QED) is 0.0197. The van der Waals surface area contributed by atoms with Crippen molar-refractivity contribution in [3.63, 3.8) is 0 Å². The molecular formula is C54H99O11P. The van der Waals surface area contributed by atoms with Crippen LogP contribution in [-0.2, 0) is 42.2 Å². The highest BCUT2D eigenvalue weighted by Crippen LogP contribution is 2.43. The van der Waals surface area contributed by atoms with Gasteiger partial charge in [-0.1, -0.05) is 198 Å². The minimum Gasteiger partial charge on any atom is -0.462 e. The van der Waals surface area contributed by atoms with Gasteiger partial charge in [-0.3, -0.25) is 23.4 Å². The van der Waals surface area contributed by atoms with Gasteiger partial charge >= 0.3 is 25.7 Å². The Kier molecular flexibility index (Phi) is 47.4. The highest BCUT2D eigenvalue weighted by Gasteiger charge is 2.28. The van der Waals surface area contributed by atoms with E-state index in [2.05, 4.69) is 57.2 Å². The van der Waals surface area contributed by atoms with Crippen molar-refractivity contribution in [1.82, 2.24) is 0 Å². The minimum absolute atomic E-state index is 0.160. The second-order valence-corrected chi connectivity index (χ2v) is 19.5. The number of ether oxygens (including phenoxy) is 3. The van der Waals surface area contributed by atoms with Gasteiger partial charge in [-0.2, -0.15) is 0 Å². The van der Waals surface area contributed by atoms with Crippen molar-refractivity contribution in [2.75, 3.05) is 26.4 Å². The van der Waals surface area contributed by atoms with Crippen LogP contribution in [0.2, 0.25) is 0 Å². The Morgan fingerprint density at radius 1 is 0.424 bits per heavy atom. The molecule has 0 amide bonds. The molecule has 3 atom stereocenters. The fourth-order valence-electron chi connectivity index (χ4n) is 7.39. The summed E-state index contributed by atoms with van der Waals surface area (Å²) in [6.45, 7) is 4.55. The third kappa shape index (κ3) is 46.8. The molecule has 0 bridgehead atoms. The van der Waals surface area contributed by atoms with Gasteiger partial charge < -0.3 is 24.2 Å². The zero-order valence-electron chi connectivity index (χ0n) is 42.4. The lowest BCUT2D eigenvalue weighted by Crippen LogP contribution is -2.30. The molecule has 0 saturated carbocycles. The fourth-order valence-corrected chi connectivity index (χ4v) is 8.17.